The summed E-state index contributed by atoms with van der Waals surface area (Å²) in [5.41, 5.74) is 1.11. The zero-order valence-electron chi connectivity index (χ0n) is 19.4. The van der Waals surface area contributed by atoms with Crippen LogP contribution in [0.4, 0.5) is 4.39 Å². The summed E-state index contributed by atoms with van der Waals surface area (Å²) in [5, 5.41) is 16.1. The SMILES string of the molecule is CC(C)C(NC(=O)CSc1nnc(-c2ccccc2F)n1-c1ccccc1)c1nc(C2CC2)no1. The highest BCUT2D eigenvalue weighted by molar-refractivity contribution is 7.99. The third-order valence-corrected chi connectivity index (χ3v) is 6.67. The molecule has 1 unspecified atom stereocenters. The van der Waals surface area contributed by atoms with Crippen LogP contribution in [0.5, 0.6) is 0 Å². The Hall–Kier alpha value is -3.53. The van der Waals surface area contributed by atoms with Gasteiger partial charge < -0.3 is 9.84 Å². The van der Waals surface area contributed by atoms with Gasteiger partial charge in [0.05, 0.1) is 11.3 Å². The third-order valence-electron chi connectivity index (χ3n) is 5.74. The van der Waals surface area contributed by atoms with Crippen LogP contribution < -0.4 is 5.32 Å². The van der Waals surface area contributed by atoms with Crippen LogP contribution in [-0.2, 0) is 4.79 Å². The van der Waals surface area contributed by atoms with Crippen molar-refractivity contribution in [2.75, 3.05) is 5.75 Å². The van der Waals surface area contributed by atoms with E-state index in [4.69, 9.17) is 4.52 Å². The second kappa shape index (κ2) is 9.99. The smallest absolute Gasteiger partial charge is 0.249 e. The molecule has 4 aromatic rings. The average Bonchev–Trinajstić information content (AvgIpc) is 3.44. The van der Waals surface area contributed by atoms with E-state index in [-0.39, 0.29) is 23.6 Å². The molecule has 0 bridgehead atoms. The minimum Gasteiger partial charge on any atom is -0.343 e. The van der Waals surface area contributed by atoms with Gasteiger partial charge in [0.1, 0.15) is 11.9 Å². The van der Waals surface area contributed by atoms with E-state index in [2.05, 4.69) is 25.7 Å². The van der Waals surface area contributed by atoms with Crippen LogP contribution in [0.2, 0.25) is 0 Å². The Kier molecular flexibility index (Phi) is 6.63. The molecule has 1 saturated carbocycles. The Bertz CT molecular complexity index is 1320. The molecule has 2 aromatic carbocycles. The van der Waals surface area contributed by atoms with Crippen LogP contribution in [0.3, 0.4) is 0 Å². The van der Waals surface area contributed by atoms with Crippen molar-refractivity contribution >= 4 is 17.7 Å². The fraction of sp³-hybridized carbons (Fsp3) is 0.320. The molecule has 35 heavy (non-hydrogen) atoms. The van der Waals surface area contributed by atoms with E-state index in [0.717, 1.165) is 18.5 Å². The first kappa shape index (κ1) is 23.2. The highest BCUT2D eigenvalue weighted by atomic mass is 32.2. The molecule has 1 aliphatic carbocycles. The molecular formula is C25H25FN6O2S. The molecule has 1 fully saturated rings. The van der Waals surface area contributed by atoms with Crippen LogP contribution in [-0.4, -0.2) is 36.6 Å². The molecule has 1 amide bonds. The number of carbonyl (C=O) groups excluding carboxylic acids is 1. The van der Waals surface area contributed by atoms with Crippen molar-refractivity contribution in [1.29, 1.82) is 0 Å². The summed E-state index contributed by atoms with van der Waals surface area (Å²) in [5.74, 6) is 1.45. The number of amides is 1. The zero-order chi connectivity index (χ0) is 24.4. The minimum atomic E-state index is -0.392. The molecule has 1 atom stereocenters. The number of aromatic nitrogens is 5. The quantitative estimate of drug-likeness (QED) is 0.331. The molecule has 1 N–H and O–H groups in total. The predicted octanol–water partition coefficient (Wildman–Crippen LogP) is 4.94. The number of para-hydroxylation sites is 1. The number of benzene rings is 2. The zero-order valence-corrected chi connectivity index (χ0v) is 20.2. The maximum Gasteiger partial charge on any atom is 0.249 e. The molecule has 0 saturated heterocycles. The highest BCUT2D eigenvalue weighted by Gasteiger charge is 2.31. The first-order valence-corrected chi connectivity index (χ1v) is 12.5. The Morgan fingerprint density at radius 2 is 1.89 bits per heavy atom. The first-order chi connectivity index (χ1) is 17.0. The first-order valence-electron chi connectivity index (χ1n) is 11.5. The second-order valence-electron chi connectivity index (χ2n) is 8.80. The highest BCUT2D eigenvalue weighted by Crippen LogP contribution is 2.38. The van der Waals surface area contributed by atoms with Gasteiger partial charge >= 0.3 is 0 Å². The molecule has 1 aliphatic rings. The molecule has 0 radical (unpaired) electrons. The van der Waals surface area contributed by atoms with Crippen molar-refractivity contribution in [2.45, 2.75) is 43.8 Å². The van der Waals surface area contributed by atoms with Gasteiger partial charge in [0.2, 0.25) is 11.8 Å². The normalized spacial score (nSPS) is 14.3. The second-order valence-corrected chi connectivity index (χ2v) is 9.74. The maximum atomic E-state index is 14.6. The largest absolute Gasteiger partial charge is 0.343 e. The van der Waals surface area contributed by atoms with E-state index >= 15 is 0 Å². The molecule has 5 rings (SSSR count). The van der Waals surface area contributed by atoms with Gasteiger partial charge in [-0.25, -0.2) is 4.39 Å². The van der Waals surface area contributed by atoms with Crippen molar-refractivity contribution < 1.29 is 13.7 Å². The summed E-state index contributed by atoms with van der Waals surface area (Å²) in [6, 6.07) is 15.5. The number of thioether (sulfide) groups is 1. The van der Waals surface area contributed by atoms with Gasteiger partial charge in [-0.05, 0) is 43.0 Å². The van der Waals surface area contributed by atoms with E-state index in [9.17, 15) is 9.18 Å². The standard InChI is InChI=1S/C25H25FN6O2S/c1-15(2)21(24-28-22(31-34-24)16-12-13-16)27-20(33)14-35-25-30-29-23(18-10-6-7-11-19(18)26)32(25)17-8-4-3-5-9-17/h3-11,15-16,21H,12-14H2,1-2H3,(H,27,33). The Morgan fingerprint density at radius 1 is 1.14 bits per heavy atom. The molecule has 2 heterocycles. The molecule has 8 nitrogen and oxygen atoms in total. The molecule has 10 heteroatoms. The lowest BCUT2D eigenvalue weighted by Crippen LogP contribution is -2.33. The van der Waals surface area contributed by atoms with Gasteiger partial charge in [0.15, 0.2) is 16.8 Å². The van der Waals surface area contributed by atoms with Crippen LogP contribution in [0.25, 0.3) is 17.1 Å². The van der Waals surface area contributed by atoms with Crippen LogP contribution in [0.15, 0.2) is 64.3 Å². The number of nitrogens with one attached hydrogen (secondary N) is 1. The topological polar surface area (TPSA) is 98.7 Å². The number of nitrogens with zero attached hydrogens (tertiary/aromatic N) is 5. The summed E-state index contributed by atoms with van der Waals surface area (Å²) in [7, 11) is 0. The predicted molar refractivity (Wildman–Crippen MR) is 129 cm³/mol. The molecular weight excluding hydrogens is 467 g/mol. The summed E-state index contributed by atoms with van der Waals surface area (Å²) in [6.45, 7) is 3.98. The Balaban J connectivity index is 1.35. The monoisotopic (exact) mass is 492 g/mol. The molecule has 0 aliphatic heterocycles. The van der Waals surface area contributed by atoms with Gasteiger partial charge in [0.25, 0.3) is 0 Å². The van der Waals surface area contributed by atoms with E-state index in [1.807, 2.05) is 44.2 Å². The third kappa shape index (κ3) is 5.12. The van der Waals surface area contributed by atoms with Gasteiger partial charge in [-0.2, -0.15) is 4.98 Å². The number of hydrogen-bond acceptors (Lipinski definition) is 7. The van der Waals surface area contributed by atoms with Crippen molar-refractivity contribution in [3.05, 3.63) is 72.1 Å². The molecule has 0 spiro atoms. The van der Waals surface area contributed by atoms with Crippen molar-refractivity contribution in [2.24, 2.45) is 5.92 Å². The van der Waals surface area contributed by atoms with Gasteiger partial charge in [-0.3, -0.25) is 9.36 Å². The lowest BCUT2D eigenvalue weighted by molar-refractivity contribution is -0.119. The fourth-order valence-corrected chi connectivity index (χ4v) is 4.49. The number of halogens is 1. The summed E-state index contributed by atoms with van der Waals surface area (Å²) < 4.78 is 21.8. The maximum absolute atomic E-state index is 14.6. The van der Waals surface area contributed by atoms with Gasteiger partial charge in [-0.15, -0.1) is 10.2 Å². The Labute approximate surface area is 206 Å². The minimum absolute atomic E-state index is 0.0667. The average molecular weight is 493 g/mol. The van der Waals surface area contributed by atoms with Crippen LogP contribution in [0.1, 0.15) is 50.4 Å². The van der Waals surface area contributed by atoms with Gasteiger partial charge in [-0.1, -0.05) is 61.1 Å². The van der Waals surface area contributed by atoms with Crippen molar-refractivity contribution in [3.8, 4) is 17.1 Å². The lowest BCUT2D eigenvalue weighted by atomic mass is 10.0. The summed E-state index contributed by atoms with van der Waals surface area (Å²) in [6.07, 6.45) is 2.15. The lowest BCUT2D eigenvalue weighted by Gasteiger charge is -2.18. The van der Waals surface area contributed by atoms with Crippen molar-refractivity contribution in [3.63, 3.8) is 0 Å². The fourth-order valence-electron chi connectivity index (χ4n) is 3.73. The van der Waals surface area contributed by atoms with Crippen LogP contribution >= 0.6 is 11.8 Å². The summed E-state index contributed by atoms with van der Waals surface area (Å²) >= 11 is 1.23. The number of rotatable bonds is 9. The van der Waals surface area contributed by atoms with E-state index in [0.29, 0.717) is 34.2 Å². The number of hydrogen-bond donors (Lipinski definition) is 1. The summed E-state index contributed by atoms with van der Waals surface area (Å²) in [4.78, 5) is 17.4. The van der Waals surface area contributed by atoms with E-state index in [1.54, 1.807) is 22.8 Å². The molecule has 180 valence electrons. The van der Waals surface area contributed by atoms with E-state index in [1.165, 1.54) is 17.8 Å². The molecule has 2 aromatic heterocycles. The van der Waals surface area contributed by atoms with E-state index < -0.39 is 5.82 Å². The van der Waals surface area contributed by atoms with Gasteiger partial charge in [0, 0.05) is 11.6 Å². The number of carbonyl (C=O) groups is 1. The Morgan fingerprint density at radius 3 is 2.60 bits per heavy atom. The van der Waals surface area contributed by atoms with Crippen LogP contribution in [0, 0.1) is 11.7 Å². The van der Waals surface area contributed by atoms with Crippen molar-refractivity contribution in [1.82, 2.24) is 30.2 Å².